The van der Waals surface area contributed by atoms with Crippen LogP contribution in [0.2, 0.25) is 0 Å². The van der Waals surface area contributed by atoms with Gasteiger partial charge in [0.25, 0.3) is 0 Å². The van der Waals surface area contributed by atoms with Crippen molar-refractivity contribution in [3.05, 3.63) is 17.7 Å². The third-order valence-electron chi connectivity index (χ3n) is 2.30. The lowest BCUT2D eigenvalue weighted by Crippen LogP contribution is -2.08. The molecule has 0 aliphatic rings. The van der Waals surface area contributed by atoms with Gasteiger partial charge < -0.3 is 25.2 Å². The van der Waals surface area contributed by atoms with Crippen molar-refractivity contribution in [3.8, 4) is 17.2 Å². The second-order valence-corrected chi connectivity index (χ2v) is 3.99. The number of rotatable bonds is 5. The van der Waals surface area contributed by atoms with Crippen molar-refractivity contribution in [1.82, 2.24) is 0 Å². The fraction of sp³-hybridized carbons (Fsp3) is 0.417. The molecule has 6 heteroatoms. The number of aliphatic hydroxyl groups is 1. The first kappa shape index (κ1) is 14.1. The molecule has 1 unspecified atom stereocenters. The predicted molar refractivity (Wildman–Crippen MR) is 62.6 cm³/mol. The minimum Gasteiger partial charge on any atom is -0.504 e. The van der Waals surface area contributed by atoms with Crippen molar-refractivity contribution in [1.29, 1.82) is 0 Å². The largest absolute Gasteiger partial charge is 0.504 e. The average molecular weight is 256 g/mol. The van der Waals surface area contributed by atoms with Gasteiger partial charge in [-0.25, -0.2) is 4.79 Å². The van der Waals surface area contributed by atoms with Crippen LogP contribution in [-0.2, 0) is 4.74 Å². The Hall–Kier alpha value is -1.95. The van der Waals surface area contributed by atoms with E-state index in [1.807, 2.05) is 0 Å². The van der Waals surface area contributed by atoms with Gasteiger partial charge >= 0.3 is 5.97 Å². The number of ether oxygens (including phenoxy) is 1. The van der Waals surface area contributed by atoms with Gasteiger partial charge in [0.05, 0.1) is 18.3 Å². The molecule has 0 aliphatic heterocycles. The predicted octanol–water partition coefficient (Wildman–Crippen LogP) is 1.12. The summed E-state index contributed by atoms with van der Waals surface area (Å²) in [5.74, 6) is -2.58. The summed E-state index contributed by atoms with van der Waals surface area (Å²) in [5, 5.41) is 36.6. The second-order valence-electron chi connectivity index (χ2n) is 3.99. The van der Waals surface area contributed by atoms with E-state index < -0.39 is 29.3 Å². The van der Waals surface area contributed by atoms with Crippen LogP contribution in [0.5, 0.6) is 17.2 Å². The van der Waals surface area contributed by atoms with Crippen LogP contribution in [0.25, 0.3) is 0 Å². The summed E-state index contributed by atoms with van der Waals surface area (Å²) < 4.78 is 4.87. The lowest BCUT2D eigenvalue weighted by Gasteiger charge is -2.07. The van der Waals surface area contributed by atoms with Gasteiger partial charge in [-0.2, -0.15) is 0 Å². The van der Waals surface area contributed by atoms with E-state index in [1.165, 1.54) is 0 Å². The Morgan fingerprint density at radius 2 is 1.83 bits per heavy atom. The first-order valence-electron chi connectivity index (χ1n) is 5.52. The molecule has 1 aromatic carbocycles. The highest BCUT2D eigenvalue weighted by Gasteiger charge is 2.14. The number of hydrogen-bond acceptors (Lipinski definition) is 6. The second kappa shape index (κ2) is 6.11. The molecule has 0 amide bonds. The lowest BCUT2D eigenvalue weighted by atomic mass is 10.2. The zero-order chi connectivity index (χ0) is 13.7. The van der Waals surface area contributed by atoms with Gasteiger partial charge in [0, 0.05) is 0 Å². The van der Waals surface area contributed by atoms with E-state index in [4.69, 9.17) is 14.9 Å². The minimum atomic E-state index is -0.716. The number of phenolic OH excluding ortho intramolecular Hbond substituents is 3. The summed E-state index contributed by atoms with van der Waals surface area (Å²) in [7, 11) is 0. The van der Waals surface area contributed by atoms with Gasteiger partial charge in [0.1, 0.15) is 0 Å². The molecule has 100 valence electrons. The molecule has 0 aromatic heterocycles. The lowest BCUT2D eigenvalue weighted by molar-refractivity contribution is 0.0480. The van der Waals surface area contributed by atoms with Gasteiger partial charge in [-0.15, -0.1) is 0 Å². The fourth-order valence-corrected chi connectivity index (χ4v) is 1.35. The topological polar surface area (TPSA) is 107 Å². The highest BCUT2D eigenvalue weighted by atomic mass is 16.5. The maximum atomic E-state index is 11.5. The molecule has 0 saturated carbocycles. The molecule has 0 radical (unpaired) electrons. The van der Waals surface area contributed by atoms with E-state index in [9.17, 15) is 15.0 Å². The number of esters is 1. The van der Waals surface area contributed by atoms with E-state index in [0.717, 1.165) is 12.1 Å². The first-order valence-corrected chi connectivity index (χ1v) is 5.52. The molecular weight excluding hydrogens is 240 g/mol. The number of hydrogen-bond donors (Lipinski definition) is 4. The summed E-state index contributed by atoms with van der Waals surface area (Å²) in [6.07, 6.45) is 0.573. The molecule has 6 nitrogen and oxygen atoms in total. The van der Waals surface area contributed by atoms with Crippen molar-refractivity contribution in [2.24, 2.45) is 0 Å². The van der Waals surface area contributed by atoms with Crippen LogP contribution in [0.3, 0.4) is 0 Å². The van der Waals surface area contributed by atoms with Crippen LogP contribution < -0.4 is 0 Å². The maximum absolute atomic E-state index is 11.5. The zero-order valence-electron chi connectivity index (χ0n) is 9.96. The minimum absolute atomic E-state index is 0.0557. The third kappa shape index (κ3) is 3.81. The Bertz CT molecular complexity index is 404. The number of benzene rings is 1. The van der Waals surface area contributed by atoms with Crippen molar-refractivity contribution >= 4 is 5.97 Å². The van der Waals surface area contributed by atoms with Crippen LogP contribution >= 0.6 is 0 Å². The summed E-state index contributed by atoms with van der Waals surface area (Å²) in [5.41, 5.74) is -0.0557. The normalized spacial score (nSPS) is 12.1. The molecule has 0 saturated heterocycles. The first-order chi connectivity index (χ1) is 8.41. The Morgan fingerprint density at radius 3 is 2.33 bits per heavy atom. The molecule has 4 N–H and O–H groups in total. The van der Waals surface area contributed by atoms with Crippen LogP contribution in [-0.4, -0.2) is 39.1 Å². The fourth-order valence-electron chi connectivity index (χ4n) is 1.35. The molecule has 1 rings (SSSR count). The van der Waals surface area contributed by atoms with Gasteiger partial charge in [-0.05, 0) is 31.9 Å². The molecule has 0 fully saturated rings. The van der Waals surface area contributed by atoms with E-state index in [1.54, 1.807) is 6.92 Å². The molecule has 18 heavy (non-hydrogen) atoms. The number of aromatic hydroxyl groups is 3. The maximum Gasteiger partial charge on any atom is 0.338 e. The summed E-state index contributed by atoms with van der Waals surface area (Å²) in [4.78, 5) is 11.5. The van der Waals surface area contributed by atoms with Crippen molar-refractivity contribution in [2.45, 2.75) is 25.9 Å². The molecule has 0 bridgehead atoms. The van der Waals surface area contributed by atoms with Gasteiger partial charge in [0.2, 0.25) is 0 Å². The van der Waals surface area contributed by atoms with Crippen LogP contribution in [0.4, 0.5) is 0 Å². The quantitative estimate of drug-likeness (QED) is 0.357. The SMILES string of the molecule is CC(O)CCCOC(=O)c1cc(O)c(O)c(O)c1. The number of carbonyl (C=O) groups is 1. The third-order valence-corrected chi connectivity index (χ3v) is 2.30. The van der Waals surface area contributed by atoms with Gasteiger partial charge in [0.15, 0.2) is 17.2 Å². The van der Waals surface area contributed by atoms with Crippen LogP contribution in [0.15, 0.2) is 12.1 Å². The highest BCUT2D eigenvalue weighted by molar-refractivity contribution is 5.91. The van der Waals surface area contributed by atoms with E-state index in [2.05, 4.69) is 0 Å². The van der Waals surface area contributed by atoms with Gasteiger partial charge in [-0.3, -0.25) is 0 Å². The Morgan fingerprint density at radius 1 is 1.28 bits per heavy atom. The van der Waals surface area contributed by atoms with Crippen molar-refractivity contribution in [3.63, 3.8) is 0 Å². The van der Waals surface area contributed by atoms with E-state index >= 15 is 0 Å². The zero-order valence-corrected chi connectivity index (χ0v) is 9.96. The Kier molecular flexibility index (Phi) is 4.79. The number of aliphatic hydroxyl groups excluding tert-OH is 1. The summed E-state index contributed by atoms with van der Waals surface area (Å²) in [6, 6.07) is 2.01. The Balaban J connectivity index is 2.57. The number of carbonyl (C=O) groups excluding carboxylic acids is 1. The molecule has 0 heterocycles. The average Bonchev–Trinajstić information content (AvgIpc) is 2.30. The molecular formula is C12H16O6. The molecule has 0 aliphatic carbocycles. The summed E-state index contributed by atoms with van der Waals surface area (Å²) in [6.45, 7) is 1.77. The van der Waals surface area contributed by atoms with Crippen LogP contribution in [0, 0.1) is 0 Å². The Labute approximate surface area is 104 Å². The molecule has 1 atom stereocenters. The van der Waals surface area contributed by atoms with E-state index in [0.29, 0.717) is 12.8 Å². The van der Waals surface area contributed by atoms with Gasteiger partial charge in [-0.1, -0.05) is 0 Å². The standard InChI is InChI=1S/C12H16O6/c1-7(13)3-2-4-18-12(17)8-5-9(14)11(16)10(15)6-8/h5-7,13-16H,2-4H2,1H3. The monoisotopic (exact) mass is 256 g/mol. The summed E-state index contributed by atoms with van der Waals surface area (Å²) >= 11 is 0. The smallest absolute Gasteiger partial charge is 0.338 e. The van der Waals surface area contributed by atoms with Crippen molar-refractivity contribution < 1.29 is 30.0 Å². The highest BCUT2D eigenvalue weighted by Crippen LogP contribution is 2.35. The van der Waals surface area contributed by atoms with Crippen molar-refractivity contribution in [2.75, 3.05) is 6.61 Å². The van der Waals surface area contributed by atoms with E-state index in [-0.39, 0.29) is 12.2 Å². The number of phenols is 3. The molecule has 1 aromatic rings. The molecule has 0 spiro atoms. The van der Waals surface area contributed by atoms with Crippen LogP contribution in [0.1, 0.15) is 30.1 Å².